The molecule has 0 aliphatic carbocycles. The molecular weight excluding hydrogens is 252 g/mol. The summed E-state index contributed by atoms with van der Waals surface area (Å²) in [5.41, 5.74) is 0. The average molecular weight is 264 g/mol. The minimum Gasteiger partial charge on any atom is -0.469 e. The molecule has 15 heavy (non-hydrogen) atoms. The number of hydrogen-bond acceptors (Lipinski definition) is 7. The molecule has 0 aliphatic heterocycles. The minimum absolute atomic E-state index is 0.167. The summed E-state index contributed by atoms with van der Waals surface area (Å²) in [5, 5.41) is 8.17. The molecule has 1 heterocycles. The van der Waals surface area contributed by atoms with Crippen LogP contribution in [0.15, 0.2) is 8.68 Å². The molecule has 1 atom stereocenters. The van der Waals surface area contributed by atoms with Gasteiger partial charge in [-0.15, -0.1) is 10.2 Å². The molecule has 0 fully saturated rings. The molecule has 0 aliphatic rings. The van der Waals surface area contributed by atoms with Crippen molar-refractivity contribution in [2.45, 2.75) is 27.3 Å². The van der Waals surface area contributed by atoms with Crippen LogP contribution in [0.25, 0.3) is 0 Å². The van der Waals surface area contributed by atoms with E-state index in [1.807, 2.05) is 13.2 Å². The highest BCUT2D eigenvalue weighted by Crippen LogP contribution is 2.31. The summed E-state index contributed by atoms with van der Waals surface area (Å²) in [6, 6.07) is 0. The third kappa shape index (κ3) is 4.40. The molecule has 0 N–H and O–H groups in total. The molecule has 4 nitrogen and oxygen atoms in total. The van der Waals surface area contributed by atoms with E-state index in [9.17, 15) is 4.79 Å². The first-order valence-corrected chi connectivity index (χ1v) is 7.18. The summed E-state index contributed by atoms with van der Waals surface area (Å²) in [5.74, 6) is -0.190. The molecule has 0 aromatic carbocycles. The number of aromatic nitrogens is 2. The van der Waals surface area contributed by atoms with Crippen LogP contribution in [0.1, 0.15) is 13.3 Å². The predicted molar refractivity (Wildman–Crippen MR) is 63.6 cm³/mol. The third-order valence-corrected chi connectivity index (χ3v) is 4.63. The highest BCUT2D eigenvalue weighted by atomic mass is 32.2. The van der Waals surface area contributed by atoms with Gasteiger partial charge in [-0.05, 0) is 6.26 Å². The van der Waals surface area contributed by atoms with E-state index >= 15 is 0 Å². The Labute approximate surface area is 101 Å². The van der Waals surface area contributed by atoms with Gasteiger partial charge in [-0.25, -0.2) is 0 Å². The molecule has 7 heteroatoms. The van der Waals surface area contributed by atoms with Crippen molar-refractivity contribution in [3.05, 3.63) is 0 Å². The van der Waals surface area contributed by atoms with Gasteiger partial charge < -0.3 is 4.74 Å². The van der Waals surface area contributed by atoms with Gasteiger partial charge in [0.25, 0.3) is 0 Å². The summed E-state index contributed by atoms with van der Waals surface area (Å²) in [7, 11) is 1.40. The van der Waals surface area contributed by atoms with E-state index in [1.165, 1.54) is 7.11 Å². The zero-order valence-corrected chi connectivity index (χ0v) is 11.2. The Morgan fingerprint density at radius 3 is 2.73 bits per heavy atom. The van der Waals surface area contributed by atoms with Gasteiger partial charge in [0.05, 0.1) is 13.5 Å². The summed E-state index contributed by atoms with van der Waals surface area (Å²) >= 11 is 4.68. The monoisotopic (exact) mass is 264 g/mol. The molecular formula is C8H12N2O2S3. The van der Waals surface area contributed by atoms with Crippen LogP contribution in [0, 0.1) is 0 Å². The van der Waals surface area contributed by atoms with Crippen LogP contribution in [0.4, 0.5) is 0 Å². The van der Waals surface area contributed by atoms with Crippen LogP contribution in [-0.2, 0) is 9.53 Å². The normalized spacial score (nSPS) is 12.5. The number of ether oxygens (including phenoxy) is 1. The van der Waals surface area contributed by atoms with Gasteiger partial charge in [0.15, 0.2) is 8.68 Å². The van der Waals surface area contributed by atoms with Crippen LogP contribution in [0.2, 0.25) is 0 Å². The van der Waals surface area contributed by atoms with Crippen LogP contribution in [0.3, 0.4) is 0 Å². The first kappa shape index (κ1) is 12.8. The van der Waals surface area contributed by atoms with E-state index in [2.05, 4.69) is 14.9 Å². The second-order valence-electron chi connectivity index (χ2n) is 2.75. The Balaban J connectivity index is 2.43. The van der Waals surface area contributed by atoms with Crippen molar-refractivity contribution < 1.29 is 9.53 Å². The van der Waals surface area contributed by atoms with E-state index in [-0.39, 0.29) is 11.2 Å². The van der Waals surface area contributed by atoms with Gasteiger partial charge in [0.2, 0.25) is 0 Å². The maximum Gasteiger partial charge on any atom is 0.306 e. The van der Waals surface area contributed by atoms with Gasteiger partial charge in [-0.2, -0.15) is 0 Å². The van der Waals surface area contributed by atoms with Crippen LogP contribution < -0.4 is 0 Å². The second-order valence-corrected chi connectivity index (χ2v) is 6.46. The summed E-state index contributed by atoms with van der Waals surface area (Å²) in [6.45, 7) is 1.97. The number of carbonyl (C=O) groups is 1. The standard InChI is InChI=1S/C8H12N2O2S3/c1-5(4-6(11)12-2)14-8-10-9-7(13-3)15-8/h5H,4H2,1-3H3. The highest BCUT2D eigenvalue weighted by Gasteiger charge is 2.13. The van der Waals surface area contributed by atoms with E-state index in [0.29, 0.717) is 6.42 Å². The topological polar surface area (TPSA) is 52.1 Å². The fourth-order valence-corrected chi connectivity index (χ4v) is 3.60. The fourth-order valence-electron chi connectivity index (χ4n) is 0.859. The highest BCUT2D eigenvalue weighted by molar-refractivity contribution is 8.03. The molecule has 0 bridgehead atoms. The Morgan fingerprint density at radius 1 is 1.53 bits per heavy atom. The summed E-state index contributed by atoms with van der Waals surface area (Å²) in [6.07, 6.45) is 2.36. The summed E-state index contributed by atoms with van der Waals surface area (Å²) < 4.78 is 6.44. The molecule has 0 amide bonds. The zero-order chi connectivity index (χ0) is 11.3. The van der Waals surface area contributed by atoms with E-state index in [0.717, 1.165) is 8.68 Å². The minimum atomic E-state index is -0.190. The van der Waals surface area contributed by atoms with Crippen molar-refractivity contribution in [2.24, 2.45) is 0 Å². The average Bonchev–Trinajstić information content (AvgIpc) is 2.65. The lowest BCUT2D eigenvalue weighted by molar-refractivity contribution is -0.140. The lowest BCUT2D eigenvalue weighted by Gasteiger charge is -2.05. The third-order valence-electron chi connectivity index (χ3n) is 1.55. The first-order chi connectivity index (χ1) is 7.15. The smallest absolute Gasteiger partial charge is 0.306 e. The lowest BCUT2D eigenvalue weighted by Crippen LogP contribution is -2.08. The largest absolute Gasteiger partial charge is 0.469 e. The number of carbonyl (C=O) groups excluding carboxylic acids is 1. The molecule has 0 saturated carbocycles. The molecule has 1 rings (SSSR count). The molecule has 84 valence electrons. The first-order valence-electron chi connectivity index (χ1n) is 4.26. The number of hydrogen-bond donors (Lipinski definition) is 0. The molecule has 0 radical (unpaired) electrons. The van der Waals surface area contributed by atoms with Crippen LogP contribution in [-0.4, -0.2) is 34.8 Å². The quantitative estimate of drug-likeness (QED) is 0.601. The fraction of sp³-hybridized carbons (Fsp3) is 0.625. The van der Waals surface area contributed by atoms with Gasteiger partial charge >= 0.3 is 5.97 Å². The van der Waals surface area contributed by atoms with Gasteiger partial charge in [0, 0.05) is 5.25 Å². The second kappa shape index (κ2) is 6.34. The number of nitrogens with zero attached hydrogens (tertiary/aromatic N) is 2. The number of methoxy groups -OCH3 is 1. The van der Waals surface area contributed by atoms with Crippen molar-refractivity contribution in [2.75, 3.05) is 13.4 Å². The zero-order valence-electron chi connectivity index (χ0n) is 8.72. The predicted octanol–water partition coefficient (Wildman–Crippen LogP) is 2.30. The molecule has 1 aromatic rings. The van der Waals surface area contributed by atoms with Crippen molar-refractivity contribution in [3.8, 4) is 0 Å². The molecule has 1 unspecified atom stereocenters. The van der Waals surface area contributed by atoms with Gasteiger partial charge in [0.1, 0.15) is 0 Å². The SMILES string of the molecule is COC(=O)CC(C)Sc1nnc(SC)s1. The van der Waals surface area contributed by atoms with E-state index in [1.54, 1.807) is 34.9 Å². The summed E-state index contributed by atoms with van der Waals surface area (Å²) in [4.78, 5) is 11.0. The Hall–Kier alpha value is -0.270. The Bertz CT molecular complexity index is 329. The Morgan fingerprint density at radius 2 is 2.20 bits per heavy atom. The molecule has 0 spiro atoms. The van der Waals surface area contributed by atoms with Crippen molar-refractivity contribution >= 4 is 40.8 Å². The van der Waals surface area contributed by atoms with E-state index < -0.39 is 0 Å². The number of thioether (sulfide) groups is 2. The Kier molecular flexibility index (Phi) is 5.41. The van der Waals surface area contributed by atoms with E-state index in [4.69, 9.17) is 0 Å². The van der Waals surface area contributed by atoms with Crippen molar-refractivity contribution in [3.63, 3.8) is 0 Å². The maximum atomic E-state index is 11.0. The van der Waals surface area contributed by atoms with Gasteiger partial charge in [-0.3, -0.25) is 4.79 Å². The van der Waals surface area contributed by atoms with Gasteiger partial charge in [-0.1, -0.05) is 41.8 Å². The lowest BCUT2D eigenvalue weighted by atomic mass is 10.3. The van der Waals surface area contributed by atoms with Crippen molar-refractivity contribution in [1.29, 1.82) is 0 Å². The maximum absolute atomic E-state index is 11.0. The number of esters is 1. The van der Waals surface area contributed by atoms with Crippen molar-refractivity contribution in [1.82, 2.24) is 10.2 Å². The van der Waals surface area contributed by atoms with Crippen LogP contribution in [0.5, 0.6) is 0 Å². The van der Waals surface area contributed by atoms with Crippen LogP contribution >= 0.6 is 34.9 Å². The molecule has 0 saturated heterocycles. The molecule has 1 aromatic heterocycles. The number of rotatable bonds is 5.